The molecule has 5 rings (SSSR count). The first kappa shape index (κ1) is 58.7. The molecule has 0 aromatic rings. The van der Waals surface area contributed by atoms with Crippen molar-refractivity contribution < 1.29 is 79.4 Å². The molecule has 5 aliphatic heterocycles. The predicted molar refractivity (Wildman–Crippen MR) is 254 cm³/mol. The van der Waals surface area contributed by atoms with E-state index in [0.717, 1.165) is 0 Å². The molecule has 12 unspecified atom stereocenters. The third-order valence-corrected chi connectivity index (χ3v) is 20.1. The molecule has 5 saturated heterocycles. The highest BCUT2D eigenvalue weighted by Crippen LogP contribution is 2.54. The van der Waals surface area contributed by atoms with Crippen molar-refractivity contribution in [2.45, 2.75) is 48.4 Å². The minimum absolute atomic E-state index is 0.0539. The van der Waals surface area contributed by atoms with E-state index in [-0.39, 0.29) is 124 Å². The predicted octanol–water partition coefficient (Wildman–Crippen LogP) is -0.960. The van der Waals surface area contributed by atoms with E-state index in [1.54, 1.807) is 32.8 Å². The summed E-state index contributed by atoms with van der Waals surface area (Å²) in [5.74, 6) is 0. The van der Waals surface area contributed by atoms with Crippen LogP contribution in [0.25, 0.3) is 0 Å². The molecule has 1 amide bonds. The van der Waals surface area contributed by atoms with Crippen molar-refractivity contribution in [1.82, 2.24) is 33.6 Å². The summed E-state index contributed by atoms with van der Waals surface area (Å²) < 4.78 is 127. The van der Waals surface area contributed by atoms with Crippen LogP contribution in [-0.2, 0) is 69.5 Å². The summed E-state index contributed by atoms with van der Waals surface area (Å²) in [6.45, 7) is 7.61. The third kappa shape index (κ3) is 18.0. The largest absolute Gasteiger partial charge is 0.447 e. The van der Waals surface area contributed by atoms with E-state index in [1.165, 1.54) is 29.6 Å². The number of hydrogen-bond acceptors (Lipinski definition) is 18. The van der Waals surface area contributed by atoms with Gasteiger partial charge in [-0.2, -0.15) is 0 Å². The van der Waals surface area contributed by atoms with Crippen LogP contribution in [0.15, 0.2) is 0 Å². The number of ether oxygens (including phenoxy) is 7. The van der Waals surface area contributed by atoms with Gasteiger partial charge in [0, 0.05) is 123 Å². The van der Waals surface area contributed by atoms with E-state index in [1.807, 2.05) is 0 Å². The number of piperazine rings is 1. The third-order valence-electron chi connectivity index (χ3n) is 11.5. The molecular formula is C36H69B4N7O17P4. The lowest BCUT2D eigenvalue weighted by Crippen LogP contribution is -2.51. The fourth-order valence-corrected chi connectivity index (χ4v) is 14.5. The molecular weight excluding hydrogens is 970 g/mol. The zero-order valence-corrected chi connectivity index (χ0v) is 43.5. The first-order valence-corrected chi connectivity index (χ1v) is 30.3. The maximum Gasteiger partial charge on any atom is 0.409 e. The summed E-state index contributed by atoms with van der Waals surface area (Å²) in [6, 6.07) is -3.03. The fraction of sp³-hybridized carbons (Fsp3) is 0.972. The van der Waals surface area contributed by atoms with Gasteiger partial charge in [0.2, 0.25) is 0 Å². The number of morpholine rings is 4. The van der Waals surface area contributed by atoms with E-state index in [2.05, 4.69) is 5.32 Å². The lowest BCUT2D eigenvalue weighted by molar-refractivity contribution is -0.0638. The molecule has 382 valence electrons. The van der Waals surface area contributed by atoms with Crippen molar-refractivity contribution in [3.05, 3.63) is 0 Å². The van der Waals surface area contributed by atoms with Gasteiger partial charge in [0.25, 0.3) is 22.6 Å². The normalized spacial score (nSPS) is 32.2. The zero-order chi connectivity index (χ0) is 49.7. The molecule has 24 nitrogen and oxygen atoms in total. The van der Waals surface area contributed by atoms with Crippen molar-refractivity contribution in [2.75, 3.05) is 179 Å². The first-order chi connectivity index (χ1) is 32.1. The number of carbonyl (C=O) groups is 1. The van der Waals surface area contributed by atoms with Crippen molar-refractivity contribution in [3.8, 4) is 0 Å². The number of rotatable bonds is 25. The average molecular weight is 1040 g/mol. The van der Waals surface area contributed by atoms with Crippen LogP contribution in [0.1, 0.15) is 0 Å². The SMILES string of the molecule is [B]C1CNCC(COP(C)(=O)N2CC([B])OC(COP(C)(=O)N3CC([B])OC(COP(C)(=O)N4CC([B])OC(COP(=O)(N(C)C)N5CCN(C(=O)OCCOCCOCCO)CC5)C4)C3)C2)O1. The van der Waals surface area contributed by atoms with Gasteiger partial charge in [-0.1, -0.05) is 0 Å². The molecule has 68 heavy (non-hydrogen) atoms. The van der Waals surface area contributed by atoms with Gasteiger partial charge in [0.1, 0.15) is 38.0 Å². The Morgan fingerprint density at radius 1 is 0.574 bits per heavy atom. The van der Waals surface area contributed by atoms with Crippen LogP contribution in [0.3, 0.4) is 0 Å². The quantitative estimate of drug-likeness (QED) is 0.0636. The van der Waals surface area contributed by atoms with Crippen LogP contribution >= 0.6 is 30.2 Å². The van der Waals surface area contributed by atoms with E-state index in [0.29, 0.717) is 26.3 Å². The Balaban J connectivity index is 1.06. The van der Waals surface area contributed by atoms with Crippen LogP contribution in [0, 0.1) is 0 Å². The highest BCUT2D eigenvalue weighted by atomic mass is 31.2. The summed E-state index contributed by atoms with van der Waals surface area (Å²) in [4.78, 5) is 14.2. The van der Waals surface area contributed by atoms with Gasteiger partial charge in [0.05, 0.1) is 83.9 Å². The van der Waals surface area contributed by atoms with Crippen LogP contribution in [-0.4, -0.2) is 298 Å². The van der Waals surface area contributed by atoms with E-state index < -0.39 is 78.6 Å². The number of nitrogens with one attached hydrogen (secondary N) is 1. The second-order valence-electron chi connectivity index (χ2n) is 17.4. The van der Waals surface area contributed by atoms with Gasteiger partial charge in [-0.15, -0.1) is 0 Å². The van der Waals surface area contributed by atoms with E-state index in [4.69, 9.17) is 87.7 Å². The maximum absolute atomic E-state index is 14.3. The number of carbonyl (C=O) groups excluding carboxylic acids is 1. The van der Waals surface area contributed by atoms with Gasteiger partial charge in [-0.05, 0) is 14.1 Å². The van der Waals surface area contributed by atoms with Crippen LogP contribution in [0.5, 0.6) is 0 Å². The Bertz CT molecular complexity index is 1780. The number of nitrogens with zero attached hydrogens (tertiary/aromatic N) is 6. The number of amides is 1. The van der Waals surface area contributed by atoms with Crippen molar-refractivity contribution >= 4 is 67.7 Å². The Hall–Kier alpha value is -0.230. The summed E-state index contributed by atoms with van der Waals surface area (Å²) in [5, 5.41) is 11.9. The molecule has 5 fully saturated rings. The second kappa shape index (κ2) is 27.3. The highest BCUT2D eigenvalue weighted by molar-refractivity contribution is 7.56. The number of aliphatic hydroxyl groups is 1. The van der Waals surface area contributed by atoms with E-state index in [9.17, 15) is 23.1 Å². The van der Waals surface area contributed by atoms with Crippen molar-refractivity contribution in [2.24, 2.45) is 0 Å². The summed E-state index contributed by atoms with van der Waals surface area (Å²) in [7, 11) is 13.7. The van der Waals surface area contributed by atoms with Gasteiger partial charge >= 0.3 is 13.8 Å². The standard InChI is InChI=1S/C36H69B4N7O17P4/c1-42(2)68(53,44-8-6-43(7-9-44)36(49)56-15-14-55-13-12-54-11-10-48)60-27-31-20-47(23-35(40)64-31)67(5,52)59-26-30-19-46(22-34(39)63-30)66(4,51)58-25-29-18-45(21-33(38)62-29)65(3,50)57-24-28-16-41-17-32(37)61-28/h28-35,41,48H,6-27H2,1-5H3. The monoisotopic (exact) mass is 1040 g/mol. The van der Waals surface area contributed by atoms with Crippen molar-refractivity contribution in [3.63, 3.8) is 0 Å². The number of aliphatic hydroxyl groups excluding tert-OH is 1. The average Bonchev–Trinajstić information content (AvgIpc) is 3.29. The minimum atomic E-state index is -3.61. The Labute approximate surface area is 406 Å². The summed E-state index contributed by atoms with van der Waals surface area (Å²) >= 11 is 0. The van der Waals surface area contributed by atoms with Gasteiger partial charge < -0.3 is 66.6 Å². The topological polar surface area (TPSA) is 239 Å². The molecule has 32 heteroatoms. The molecule has 5 heterocycles. The van der Waals surface area contributed by atoms with Gasteiger partial charge in [-0.3, -0.25) is 18.3 Å². The summed E-state index contributed by atoms with van der Waals surface area (Å²) in [5.41, 5.74) is 0. The van der Waals surface area contributed by atoms with Crippen LogP contribution in [0.4, 0.5) is 4.79 Å². The molecule has 5 aliphatic rings. The smallest absolute Gasteiger partial charge is 0.409 e. The molecule has 12 atom stereocenters. The lowest BCUT2D eigenvalue weighted by Gasteiger charge is -2.43. The Morgan fingerprint density at radius 3 is 1.43 bits per heavy atom. The van der Waals surface area contributed by atoms with Crippen LogP contribution in [0.2, 0.25) is 0 Å². The minimum Gasteiger partial charge on any atom is -0.447 e. The van der Waals surface area contributed by atoms with Gasteiger partial charge in [-0.25, -0.2) is 28.1 Å². The summed E-state index contributed by atoms with van der Waals surface area (Å²) in [6.07, 6.45) is -3.05. The molecule has 0 bridgehead atoms. The first-order valence-electron chi connectivity index (χ1n) is 22.7. The molecule has 2 N–H and O–H groups in total. The van der Waals surface area contributed by atoms with E-state index >= 15 is 0 Å². The molecule has 0 saturated carbocycles. The Morgan fingerprint density at radius 2 is 0.985 bits per heavy atom. The van der Waals surface area contributed by atoms with Gasteiger partial charge in [0.15, 0.2) is 0 Å². The number of hydrogen-bond donors (Lipinski definition) is 2. The highest BCUT2D eigenvalue weighted by Gasteiger charge is 2.43. The molecule has 0 spiro atoms. The van der Waals surface area contributed by atoms with Crippen LogP contribution < -0.4 is 5.32 Å². The zero-order valence-electron chi connectivity index (χ0n) is 39.9. The fourth-order valence-electron chi connectivity index (χ4n) is 7.88. The molecule has 0 aromatic carbocycles. The maximum atomic E-state index is 14.3. The molecule has 8 radical (unpaired) electrons. The second-order valence-corrected chi connectivity index (χ2v) is 27.3. The molecule has 0 aliphatic carbocycles. The Kier molecular flexibility index (Phi) is 23.6. The molecule has 0 aromatic heterocycles. The lowest BCUT2D eigenvalue weighted by atomic mass is 9.98. The van der Waals surface area contributed by atoms with Crippen molar-refractivity contribution in [1.29, 1.82) is 0 Å².